The zero-order chi connectivity index (χ0) is 25.9. The molecule has 0 saturated carbocycles. The molecule has 9 heteroatoms. The number of nitrogens with zero attached hydrogens (tertiary/aromatic N) is 2. The van der Waals surface area contributed by atoms with Crippen molar-refractivity contribution in [2.45, 2.75) is 25.8 Å². The van der Waals surface area contributed by atoms with Gasteiger partial charge in [0.1, 0.15) is 5.82 Å². The van der Waals surface area contributed by atoms with Gasteiger partial charge >= 0.3 is 5.97 Å². The van der Waals surface area contributed by atoms with Crippen molar-refractivity contribution in [1.82, 2.24) is 20.3 Å². The third kappa shape index (κ3) is 4.98. The summed E-state index contributed by atoms with van der Waals surface area (Å²) in [5.41, 5.74) is 5.19. The van der Waals surface area contributed by atoms with Crippen molar-refractivity contribution in [1.29, 1.82) is 0 Å². The van der Waals surface area contributed by atoms with E-state index < -0.39 is 5.97 Å². The average Bonchev–Trinajstić information content (AvgIpc) is 3.58. The Morgan fingerprint density at radius 1 is 1.11 bits per heavy atom. The van der Waals surface area contributed by atoms with Crippen LogP contribution < -0.4 is 5.32 Å². The van der Waals surface area contributed by atoms with Gasteiger partial charge in [0.05, 0.1) is 28.1 Å². The minimum Gasteiger partial charge on any atom is -0.478 e. The highest BCUT2D eigenvalue weighted by Crippen LogP contribution is 2.39. The Kier molecular flexibility index (Phi) is 7.03. The number of thiazole rings is 1. The molecule has 1 atom stereocenters. The van der Waals surface area contributed by atoms with Crippen LogP contribution in [-0.4, -0.2) is 31.9 Å². The normalized spacial score (nSPS) is 11.9. The Bertz CT molecular complexity index is 1560. The van der Waals surface area contributed by atoms with Crippen molar-refractivity contribution in [2.24, 2.45) is 0 Å². The molecule has 0 fully saturated rings. The van der Waals surface area contributed by atoms with Gasteiger partial charge < -0.3 is 15.4 Å². The van der Waals surface area contributed by atoms with E-state index in [4.69, 9.17) is 11.6 Å². The molecule has 0 bridgehead atoms. The Morgan fingerprint density at radius 2 is 1.95 bits per heavy atom. The third-order valence-electron chi connectivity index (χ3n) is 6.12. The predicted molar refractivity (Wildman–Crippen MR) is 146 cm³/mol. The molecule has 5 aromatic rings. The summed E-state index contributed by atoms with van der Waals surface area (Å²) < 4.78 is 0. The van der Waals surface area contributed by atoms with Crippen LogP contribution in [0, 0.1) is 0 Å². The van der Waals surface area contributed by atoms with E-state index in [2.05, 4.69) is 20.3 Å². The van der Waals surface area contributed by atoms with Crippen LogP contribution in [0.1, 0.15) is 51.4 Å². The number of halogens is 1. The first-order valence-corrected chi connectivity index (χ1v) is 13.0. The molecule has 3 N–H and O–H groups in total. The summed E-state index contributed by atoms with van der Waals surface area (Å²) in [5.74, 6) is -0.936. The van der Waals surface area contributed by atoms with Gasteiger partial charge in [-0.05, 0) is 42.3 Å². The second-order valence-electron chi connectivity index (χ2n) is 8.55. The van der Waals surface area contributed by atoms with E-state index in [1.54, 1.807) is 36.0 Å². The van der Waals surface area contributed by atoms with Gasteiger partial charge in [-0.15, -0.1) is 11.3 Å². The number of carboxylic acids is 1. The lowest BCUT2D eigenvalue weighted by Crippen LogP contribution is -2.28. The lowest BCUT2D eigenvalue weighted by molar-refractivity contribution is 0.0697. The standard InChI is InChI=1S/C28H23ClN4O3S/c1-2-6-23(24-14-30-15-37-24)33-27(34)16-11-12-17(19(13-16)28(35)36)25-18(7-5-8-20(25)29)26-31-21-9-3-4-10-22(21)32-26/h3-5,7-15,23H,2,6H2,1H3,(H,31,32)(H,33,34)(H,35,36)/t23-/m0/s1. The Labute approximate surface area is 222 Å². The number of aromatic amines is 1. The number of carbonyl (C=O) groups excluding carboxylic acids is 1. The zero-order valence-corrected chi connectivity index (χ0v) is 21.4. The first kappa shape index (κ1) is 24.7. The van der Waals surface area contributed by atoms with Crippen LogP contribution in [0.2, 0.25) is 5.02 Å². The molecule has 186 valence electrons. The van der Waals surface area contributed by atoms with Crippen LogP contribution in [0.4, 0.5) is 0 Å². The number of fused-ring (bicyclic) bond motifs is 1. The van der Waals surface area contributed by atoms with E-state index in [1.165, 1.54) is 17.4 Å². The molecule has 0 aliphatic heterocycles. The number of hydrogen-bond donors (Lipinski definition) is 3. The molecule has 2 heterocycles. The minimum absolute atomic E-state index is 0.0251. The van der Waals surface area contributed by atoms with Crippen molar-refractivity contribution in [3.63, 3.8) is 0 Å². The largest absolute Gasteiger partial charge is 0.478 e. The molecule has 7 nitrogen and oxygen atoms in total. The second-order valence-corrected chi connectivity index (χ2v) is 9.87. The average molecular weight is 531 g/mol. The molecule has 1 amide bonds. The van der Waals surface area contributed by atoms with Crippen molar-refractivity contribution in [3.05, 3.63) is 93.4 Å². The molecular weight excluding hydrogens is 508 g/mol. The highest BCUT2D eigenvalue weighted by Gasteiger charge is 2.23. The van der Waals surface area contributed by atoms with Gasteiger partial charge in [0.2, 0.25) is 0 Å². The van der Waals surface area contributed by atoms with Crippen LogP contribution in [0.15, 0.2) is 72.4 Å². The summed E-state index contributed by atoms with van der Waals surface area (Å²) >= 11 is 8.11. The highest BCUT2D eigenvalue weighted by molar-refractivity contribution is 7.09. The smallest absolute Gasteiger partial charge is 0.336 e. The number of aromatic carboxylic acids is 1. The Hall–Kier alpha value is -4.01. The van der Waals surface area contributed by atoms with Gasteiger partial charge in [-0.1, -0.05) is 55.3 Å². The molecule has 0 aliphatic carbocycles. The van der Waals surface area contributed by atoms with Crippen molar-refractivity contribution in [3.8, 4) is 22.5 Å². The summed E-state index contributed by atoms with van der Waals surface area (Å²) in [6.07, 6.45) is 3.37. The third-order valence-corrected chi connectivity index (χ3v) is 7.32. The number of carbonyl (C=O) groups is 2. The molecule has 0 unspecified atom stereocenters. The van der Waals surface area contributed by atoms with Gasteiger partial charge in [0.25, 0.3) is 5.91 Å². The fourth-order valence-corrected chi connectivity index (χ4v) is 5.35. The van der Waals surface area contributed by atoms with Crippen LogP contribution >= 0.6 is 22.9 Å². The summed E-state index contributed by atoms with van der Waals surface area (Å²) in [4.78, 5) is 38.6. The van der Waals surface area contributed by atoms with Gasteiger partial charge in [-0.2, -0.15) is 0 Å². The first-order chi connectivity index (χ1) is 18.0. The number of H-pyrrole nitrogens is 1. The molecule has 37 heavy (non-hydrogen) atoms. The number of imidazole rings is 1. The molecule has 0 aliphatic rings. The topological polar surface area (TPSA) is 108 Å². The number of nitrogens with one attached hydrogen (secondary N) is 2. The predicted octanol–water partition coefficient (Wildman–Crippen LogP) is 6.98. The van der Waals surface area contributed by atoms with Crippen molar-refractivity contribution in [2.75, 3.05) is 0 Å². The highest BCUT2D eigenvalue weighted by atomic mass is 35.5. The van der Waals surface area contributed by atoms with E-state index in [0.29, 0.717) is 27.5 Å². The van der Waals surface area contributed by atoms with Crippen molar-refractivity contribution >= 4 is 45.8 Å². The van der Waals surface area contributed by atoms with E-state index >= 15 is 0 Å². The molecule has 0 spiro atoms. The number of amides is 1. The number of hydrogen-bond acceptors (Lipinski definition) is 5. The first-order valence-electron chi connectivity index (χ1n) is 11.8. The SMILES string of the molecule is CCC[C@H](NC(=O)c1ccc(-c2c(Cl)cccc2-c2nc3ccccc3[nH]2)c(C(=O)O)c1)c1cncs1. The van der Waals surface area contributed by atoms with E-state index in [1.807, 2.05) is 37.3 Å². The molecular formula is C28H23ClN4O3S. The zero-order valence-electron chi connectivity index (χ0n) is 19.9. The number of rotatable bonds is 8. The van der Waals surface area contributed by atoms with Crippen LogP contribution in [-0.2, 0) is 0 Å². The quantitative estimate of drug-likeness (QED) is 0.200. The number of para-hydroxylation sites is 2. The summed E-state index contributed by atoms with van der Waals surface area (Å²) in [7, 11) is 0. The van der Waals surface area contributed by atoms with Crippen molar-refractivity contribution < 1.29 is 14.7 Å². The molecule has 5 rings (SSSR count). The maximum absolute atomic E-state index is 13.1. The van der Waals surface area contributed by atoms with Gasteiger partial charge in [-0.3, -0.25) is 9.78 Å². The fraction of sp³-hybridized carbons (Fsp3) is 0.143. The summed E-state index contributed by atoms with van der Waals surface area (Å²) in [5, 5.41) is 13.5. The maximum Gasteiger partial charge on any atom is 0.336 e. The summed E-state index contributed by atoms with van der Waals surface area (Å²) in [6.45, 7) is 2.04. The molecule has 2 aromatic heterocycles. The molecule has 3 aromatic carbocycles. The van der Waals surface area contributed by atoms with E-state index in [-0.39, 0.29) is 23.1 Å². The molecule has 0 radical (unpaired) electrons. The Balaban J connectivity index is 1.56. The monoisotopic (exact) mass is 530 g/mol. The van der Waals surface area contributed by atoms with Gasteiger partial charge in [0, 0.05) is 32.8 Å². The number of benzene rings is 3. The van der Waals surface area contributed by atoms with Crippen LogP contribution in [0.5, 0.6) is 0 Å². The van der Waals surface area contributed by atoms with Gasteiger partial charge in [0.15, 0.2) is 0 Å². The maximum atomic E-state index is 13.1. The number of carboxylic acid groups (broad SMARTS) is 1. The van der Waals surface area contributed by atoms with Gasteiger partial charge in [-0.25, -0.2) is 9.78 Å². The Morgan fingerprint density at radius 3 is 2.68 bits per heavy atom. The lowest BCUT2D eigenvalue weighted by Gasteiger charge is -2.18. The van der Waals surface area contributed by atoms with Crippen LogP contribution in [0.3, 0.4) is 0 Å². The fourth-order valence-electron chi connectivity index (χ4n) is 4.37. The minimum atomic E-state index is -1.16. The van der Waals surface area contributed by atoms with E-state index in [9.17, 15) is 14.7 Å². The lowest BCUT2D eigenvalue weighted by atomic mass is 9.93. The second kappa shape index (κ2) is 10.5. The number of aromatic nitrogens is 3. The summed E-state index contributed by atoms with van der Waals surface area (Å²) in [6, 6.07) is 17.4. The molecule has 0 saturated heterocycles. The van der Waals surface area contributed by atoms with Crippen LogP contribution in [0.25, 0.3) is 33.5 Å². The van der Waals surface area contributed by atoms with E-state index in [0.717, 1.165) is 28.8 Å².